The van der Waals surface area contributed by atoms with Gasteiger partial charge in [0.1, 0.15) is 6.04 Å². The molecule has 0 spiro atoms. The number of hydrogen-bond acceptors (Lipinski definition) is 2. The number of fused-ring (bicyclic) bond motifs is 1. The van der Waals surface area contributed by atoms with Gasteiger partial charge in [-0.2, -0.15) is 0 Å². The number of rotatable bonds is 3. The maximum Gasteiger partial charge on any atom is 0.243 e. The molecule has 92 valence electrons. The van der Waals surface area contributed by atoms with Crippen molar-refractivity contribution < 1.29 is 4.79 Å². The fourth-order valence-electron chi connectivity index (χ4n) is 2.50. The lowest BCUT2D eigenvalue weighted by Crippen LogP contribution is -2.33. The lowest BCUT2D eigenvalue weighted by atomic mass is 10.0. The predicted molar refractivity (Wildman–Crippen MR) is 64.7 cm³/mol. The monoisotopic (exact) mass is 233 g/mol. The Morgan fingerprint density at radius 2 is 2.24 bits per heavy atom. The minimum atomic E-state index is -0.120. The number of nitrogens with zero attached hydrogens (tertiary/aromatic N) is 2. The summed E-state index contributed by atoms with van der Waals surface area (Å²) in [5.74, 6) is 0.137. The van der Waals surface area contributed by atoms with Crippen LogP contribution in [0.15, 0.2) is 6.33 Å². The van der Waals surface area contributed by atoms with Crippen LogP contribution in [0.25, 0.3) is 0 Å². The summed E-state index contributed by atoms with van der Waals surface area (Å²) >= 11 is 0. The summed E-state index contributed by atoms with van der Waals surface area (Å²) in [6.45, 7) is 1.97. The van der Waals surface area contributed by atoms with Crippen LogP contribution in [-0.2, 0) is 17.6 Å². The van der Waals surface area contributed by atoms with Crippen molar-refractivity contribution in [2.45, 2.75) is 57.5 Å². The van der Waals surface area contributed by atoms with Gasteiger partial charge >= 0.3 is 0 Å². The first kappa shape index (κ1) is 10.8. The Bertz CT molecular complexity index is 434. The summed E-state index contributed by atoms with van der Waals surface area (Å²) < 4.78 is 2.06. The van der Waals surface area contributed by atoms with E-state index in [1.165, 1.54) is 24.2 Å². The molecule has 0 aromatic carbocycles. The van der Waals surface area contributed by atoms with E-state index < -0.39 is 0 Å². The molecule has 1 aromatic heterocycles. The molecule has 1 aromatic rings. The minimum absolute atomic E-state index is 0.120. The highest BCUT2D eigenvalue weighted by Crippen LogP contribution is 2.24. The van der Waals surface area contributed by atoms with Gasteiger partial charge in [-0.1, -0.05) is 0 Å². The van der Waals surface area contributed by atoms with Gasteiger partial charge in [-0.05, 0) is 45.4 Å². The highest BCUT2D eigenvalue weighted by Gasteiger charge is 2.27. The summed E-state index contributed by atoms with van der Waals surface area (Å²) in [5.41, 5.74) is 2.47. The number of carbonyl (C=O) groups excluding carboxylic acids is 1. The molecule has 0 radical (unpaired) electrons. The first-order chi connectivity index (χ1) is 8.25. The standard InChI is InChI=1S/C13H19N3O/c1-9(13(17)15-10-6-7-10)16-8-14-11-4-2-3-5-12(11)16/h8-10H,2-7H2,1H3,(H,15,17). The largest absolute Gasteiger partial charge is 0.352 e. The van der Waals surface area contributed by atoms with Gasteiger partial charge in [-0.3, -0.25) is 4.79 Å². The first-order valence-electron chi connectivity index (χ1n) is 6.60. The van der Waals surface area contributed by atoms with Gasteiger partial charge in [0.25, 0.3) is 0 Å². The zero-order chi connectivity index (χ0) is 11.8. The molecule has 1 heterocycles. The van der Waals surface area contributed by atoms with Gasteiger partial charge in [-0.25, -0.2) is 4.98 Å². The average Bonchev–Trinajstić information content (AvgIpc) is 3.05. The number of hydrogen-bond donors (Lipinski definition) is 1. The minimum Gasteiger partial charge on any atom is -0.352 e. The Hall–Kier alpha value is -1.32. The highest BCUT2D eigenvalue weighted by atomic mass is 16.2. The molecule has 0 bridgehead atoms. The topological polar surface area (TPSA) is 46.9 Å². The van der Waals surface area contributed by atoms with E-state index in [-0.39, 0.29) is 11.9 Å². The maximum atomic E-state index is 12.0. The lowest BCUT2D eigenvalue weighted by Gasteiger charge is -2.19. The van der Waals surface area contributed by atoms with E-state index in [1.807, 2.05) is 13.3 Å². The van der Waals surface area contributed by atoms with E-state index >= 15 is 0 Å². The second-order valence-corrected chi connectivity index (χ2v) is 5.21. The molecule has 2 aliphatic carbocycles. The van der Waals surface area contributed by atoms with Crippen LogP contribution in [0, 0.1) is 0 Å². The summed E-state index contributed by atoms with van der Waals surface area (Å²) in [5, 5.41) is 3.06. The quantitative estimate of drug-likeness (QED) is 0.862. The number of nitrogens with one attached hydrogen (secondary N) is 1. The summed E-state index contributed by atoms with van der Waals surface area (Å²) in [7, 11) is 0. The molecule has 1 saturated carbocycles. The third-order valence-electron chi connectivity index (χ3n) is 3.78. The second kappa shape index (κ2) is 4.17. The third kappa shape index (κ3) is 2.08. The predicted octanol–water partition coefficient (Wildman–Crippen LogP) is 1.60. The van der Waals surface area contributed by atoms with E-state index in [0.717, 1.165) is 25.7 Å². The molecule has 1 amide bonds. The molecule has 4 heteroatoms. The van der Waals surface area contributed by atoms with Crippen molar-refractivity contribution in [3.05, 3.63) is 17.7 Å². The van der Waals surface area contributed by atoms with Crippen molar-refractivity contribution in [2.75, 3.05) is 0 Å². The zero-order valence-corrected chi connectivity index (χ0v) is 10.3. The number of aromatic nitrogens is 2. The van der Waals surface area contributed by atoms with Crippen molar-refractivity contribution in [3.8, 4) is 0 Å². The summed E-state index contributed by atoms with van der Waals surface area (Å²) in [6, 6.07) is 0.314. The zero-order valence-electron chi connectivity index (χ0n) is 10.3. The van der Waals surface area contributed by atoms with Crippen LogP contribution < -0.4 is 5.32 Å². The fraction of sp³-hybridized carbons (Fsp3) is 0.692. The summed E-state index contributed by atoms with van der Waals surface area (Å²) in [6.07, 6.45) is 8.70. The molecule has 17 heavy (non-hydrogen) atoms. The molecule has 0 saturated heterocycles. The Labute approximate surface area is 101 Å². The van der Waals surface area contributed by atoms with E-state index in [1.54, 1.807) is 0 Å². The molecule has 1 N–H and O–H groups in total. The fourth-order valence-corrected chi connectivity index (χ4v) is 2.50. The van der Waals surface area contributed by atoms with Crippen LogP contribution in [0.5, 0.6) is 0 Å². The van der Waals surface area contributed by atoms with Crippen molar-refractivity contribution in [1.29, 1.82) is 0 Å². The Morgan fingerprint density at radius 1 is 1.47 bits per heavy atom. The molecule has 1 unspecified atom stereocenters. The maximum absolute atomic E-state index is 12.0. The second-order valence-electron chi connectivity index (χ2n) is 5.21. The highest BCUT2D eigenvalue weighted by molar-refractivity contribution is 5.80. The van der Waals surface area contributed by atoms with E-state index in [9.17, 15) is 4.79 Å². The molecule has 1 fully saturated rings. The molecule has 2 aliphatic rings. The van der Waals surface area contributed by atoms with E-state index in [4.69, 9.17) is 0 Å². The van der Waals surface area contributed by atoms with Crippen LogP contribution in [0.1, 0.15) is 50.0 Å². The number of amides is 1. The van der Waals surface area contributed by atoms with Gasteiger partial charge in [0.2, 0.25) is 5.91 Å². The Morgan fingerprint density at radius 3 is 3.00 bits per heavy atom. The third-order valence-corrected chi connectivity index (χ3v) is 3.78. The number of carbonyl (C=O) groups is 1. The molecular formula is C13H19N3O. The van der Waals surface area contributed by atoms with Gasteiger partial charge in [-0.15, -0.1) is 0 Å². The van der Waals surface area contributed by atoms with Crippen molar-refractivity contribution in [3.63, 3.8) is 0 Å². The first-order valence-corrected chi connectivity index (χ1v) is 6.60. The Balaban J connectivity index is 1.77. The van der Waals surface area contributed by atoms with Crippen molar-refractivity contribution >= 4 is 5.91 Å². The van der Waals surface area contributed by atoms with Gasteiger partial charge < -0.3 is 9.88 Å². The molecule has 3 rings (SSSR count). The van der Waals surface area contributed by atoms with Crippen molar-refractivity contribution in [1.82, 2.24) is 14.9 Å². The smallest absolute Gasteiger partial charge is 0.243 e. The number of imidazole rings is 1. The van der Waals surface area contributed by atoms with Crippen LogP contribution in [0.4, 0.5) is 0 Å². The van der Waals surface area contributed by atoms with Crippen molar-refractivity contribution in [2.24, 2.45) is 0 Å². The van der Waals surface area contributed by atoms with E-state index in [2.05, 4.69) is 14.9 Å². The SMILES string of the molecule is CC(C(=O)NC1CC1)n1cnc2c1CCCC2. The van der Waals surface area contributed by atoms with E-state index in [0.29, 0.717) is 6.04 Å². The van der Waals surface area contributed by atoms with Crippen LogP contribution in [-0.4, -0.2) is 21.5 Å². The average molecular weight is 233 g/mol. The molecule has 4 nitrogen and oxygen atoms in total. The van der Waals surface area contributed by atoms with Gasteiger partial charge in [0.15, 0.2) is 0 Å². The molecular weight excluding hydrogens is 214 g/mol. The normalized spacial score (nSPS) is 20.8. The van der Waals surface area contributed by atoms with Crippen LogP contribution in [0.3, 0.4) is 0 Å². The van der Waals surface area contributed by atoms with Crippen LogP contribution >= 0.6 is 0 Å². The van der Waals surface area contributed by atoms with Crippen LogP contribution in [0.2, 0.25) is 0 Å². The lowest BCUT2D eigenvalue weighted by molar-refractivity contribution is -0.124. The van der Waals surface area contributed by atoms with Gasteiger partial charge in [0.05, 0.1) is 12.0 Å². The summed E-state index contributed by atoms with van der Waals surface area (Å²) in [4.78, 5) is 16.5. The number of aryl methyl sites for hydroxylation is 1. The molecule has 1 atom stereocenters. The molecule has 0 aliphatic heterocycles. The Kier molecular flexibility index (Phi) is 2.65. The van der Waals surface area contributed by atoms with Gasteiger partial charge in [0, 0.05) is 11.7 Å².